The van der Waals surface area contributed by atoms with Crippen molar-refractivity contribution in [1.82, 2.24) is 9.55 Å². The molecule has 2 rings (SSSR count). The van der Waals surface area contributed by atoms with Gasteiger partial charge in [0.05, 0.1) is 19.8 Å². The summed E-state index contributed by atoms with van der Waals surface area (Å²) >= 11 is 0. The predicted molar refractivity (Wildman–Crippen MR) is 73.4 cm³/mol. The molecule has 0 saturated heterocycles. The van der Waals surface area contributed by atoms with Gasteiger partial charge in [-0.1, -0.05) is 18.2 Å². The van der Waals surface area contributed by atoms with Crippen molar-refractivity contribution in [2.45, 2.75) is 26.7 Å². The molecular weight excluding hydrogens is 260 g/mol. The summed E-state index contributed by atoms with van der Waals surface area (Å²) in [5, 5.41) is 18.4. The summed E-state index contributed by atoms with van der Waals surface area (Å²) in [6, 6.07) is 5.21. The van der Waals surface area contributed by atoms with E-state index in [9.17, 15) is 19.8 Å². The van der Waals surface area contributed by atoms with Crippen LogP contribution in [0.2, 0.25) is 0 Å². The number of aliphatic hydroxyl groups excluding tert-OH is 2. The minimum absolute atomic E-state index is 0.139. The molecule has 0 aliphatic heterocycles. The van der Waals surface area contributed by atoms with Crippen molar-refractivity contribution in [3.63, 3.8) is 0 Å². The summed E-state index contributed by atoms with van der Waals surface area (Å²) in [5.74, 6) is 0. The molecule has 2 aromatic rings. The van der Waals surface area contributed by atoms with Crippen molar-refractivity contribution in [3.05, 3.63) is 67.5 Å². The van der Waals surface area contributed by atoms with E-state index in [1.165, 1.54) is 10.8 Å². The predicted octanol–water partition coefficient (Wildman–Crippen LogP) is -0.122. The summed E-state index contributed by atoms with van der Waals surface area (Å²) in [5.41, 5.74) is 1.67. The van der Waals surface area contributed by atoms with Crippen LogP contribution in [-0.4, -0.2) is 19.8 Å². The Labute approximate surface area is 115 Å². The lowest BCUT2D eigenvalue weighted by molar-refractivity contribution is 0.275. The van der Waals surface area contributed by atoms with Gasteiger partial charge in [0.15, 0.2) is 0 Å². The normalized spacial score (nSPS) is 10.8. The van der Waals surface area contributed by atoms with Crippen molar-refractivity contribution >= 4 is 0 Å². The van der Waals surface area contributed by atoms with Gasteiger partial charge in [-0.05, 0) is 23.6 Å². The molecule has 0 amide bonds. The van der Waals surface area contributed by atoms with Crippen molar-refractivity contribution in [2.24, 2.45) is 0 Å². The number of hydrogen-bond acceptors (Lipinski definition) is 4. The van der Waals surface area contributed by atoms with Gasteiger partial charge < -0.3 is 10.2 Å². The molecule has 6 nitrogen and oxygen atoms in total. The Balaban J connectivity index is 2.41. The van der Waals surface area contributed by atoms with Gasteiger partial charge in [0, 0.05) is 11.8 Å². The van der Waals surface area contributed by atoms with E-state index in [1.807, 2.05) is 0 Å². The fourth-order valence-corrected chi connectivity index (χ4v) is 2.05. The van der Waals surface area contributed by atoms with Crippen LogP contribution in [0.1, 0.15) is 22.3 Å². The van der Waals surface area contributed by atoms with Crippen molar-refractivity contribution in [3.8, 4) is 0 Å². The second kappa shape index (κ2) is 5.85. The van der Waals surface area contributed by atoms with E-state index in [0.29, 0.717) is 16.7 Å². The van der Waals surface area contributed by atoms with Crippen LogP contribution in [0.4, 0.5) is 0 Å². The fraction of sp³-hybridized carbons (Fsp3) is 0.286. The van der Waals surface area contributed by atoms with E-state index < -0.39 is 11.2 Å². The van der Waals surface area contributed by atoms with Crippen LogP contribution in [0.25, 0.3) is 0 Å². The molecule has 0 fully saturated rings. The quantitative estimate of drug-likeness (QED) is 0.725. The standard InChI is InChI=1S/C14H16N2O4/c1-9-5-16(14(20)15-13(9)19)6-10-2-11(7-17)4-12(3-10)8-18/h2-5,17-18H,6-8H2,1H3,(H,15,19,20). The number of aliphatic hydroxyl groups is 2. The molecule has 3 N–H and O–H groups in total. The average Bonchev–Trinajstić information content (AvgIpc) is 2.44. The van der Waals surface area contributed by atoms with Crippen LogP contribution in [0, 0.1) is 6.92 Å². The number of aryl methyl sites for hydroxylation is 1. The third-order valence-corrected chi connectivity index (χ3v) is 3.02. The smallest absolute Gasteiger partial charge is 0.328 e. The Morgan fingerprint density at radius 2 is 1.60 bits per heavy atom. The first-order valence-electron chi connectivity index (χ1n) is 6.17. The number of H-pyrrole nitrogens is 1. The van der Waals surface area contributed by atoms with Gasteiger partial charge >= 0.3 is 5.69 Å². The first-order valence-corrected chi connectivity index (χ1v) is 6.17. The lowest BCUT2D eigenvalue weighted by Crippen LogP contribution is -2.31. The lowest BCUT2D eigenvalue weighted by Gasteiger charge is -2.09. The molecule has 1 heterocycles. The van der Waals surface area contributed by atoms with Crippen molar-refractivity contribution < 1.29 is 10.2 Å². The zero-order chi connectivity index (χ0) is 14.7. The molecule has 106 valence electrons. The molecule has 1 aromatic carbocycles. The highest BCUT2D eigenvalue weighted by molar-refractivity contribution is 5.29. The third-order valence-electron chi connectivity index (χ3n) is 3.02. The number of nitrogens with one attached hydrogen (secondary N) is 1. The van der Waals surface area contributed by atoms with Gasteiger partial charge in [-0.25, -0.2) is 4.79 Å². The van der Waals surface area contributed by atoms with Gasteiger partial charge in [0.1, 0.15) is 0 Å². The number of aromatic amines is 1. The minimum Gasteiger partial charge on any atom is -0.392 e. The molecule has 0 bridgehead atoms. The van der Waals surface area contributed by atoms with Crippen LogP contribution in [0.5, 0.6) is 0 Å². The molecule has 0 radical (unpaired) electrons. The number of aromatic nitrogens is 2. The van der Waals surface area contributed by atoms with E-state index in [-0.39, 0.29) is 19.8 Å². The maximum Gasteiger partial charge on any atom is 0.328 e. The third kappa shape index (κ3) is 3.04. The second-order valence-electron chi connectivity index (χ2n) is 4.67. The van der Waals surface area contributed by atoms with Crippen LogP contribution in [0.3, 0.4) is 0 Å². The van der Waals surface area contributed by atoms with Crippen molar-refractivity contribution in [1.29, 1.82) is 0 Å². The average molecular weight is 276 g/mol. The summed E-state index contributed by atoms with van der Waals surface area (Å²) in [7, 11) is 0. The highest BCUT2D eigenvalue weighted by Crippen LogP contribution is 2.11. The maximum atomic E-state index is 11.7. The van der Waals surface area contributed by atoms with Gasteiger partial charge in [0.25, 0.3) is 5.56 Å². The molecular formula is C14H16N2O4. The summed E-state index contributed by atoms with van der Waals surface area (Å²) in [6.45, 7) is 1.61. The second-order valence-corrected chi connectivity index (χ2v) is 4.67. The number of rotatable bonds is 4. The van der Waals surface area contributed by atoms with Crippen molar-refractivity contribution in [2.75, 3.05) is 0 Å². The van der Waals surface area contributed by atoms with Crippen LogP contribution < -0.4 is 11.2 Å². The van der Waals surface area contributed by atoms with Gasteiger partial charge in [-0.3, -0.25) is 14.3 Å². The molecule has 0 unspecified atom stereocenters. The SMILES string of the molecule is Cc1cn(Cc2cc(CO)cc(CO)c2)c(=O)[nH]c1=O. The monoisotopic (exact) mass is 276 g/mol. The molecule has 6 heteroatoms. The van der Waals surface area contributed by atoms with Gasteiger partial charge in [-0.15, -0.1) is 0 Å². The zero-order valence-corrected chi connectivity index (χ0v) is 11.1. The molecule has 0 aliphatic carbocycles. The van der Waals surface area contributed by atoms with E-state index in [0.717, 1.165) is 5.56 Å². The van der Waals surface area contributed by atoms with Gasteiger partial charge in [-0.2, -0.15) is 0 Å². The van der Waals surface area contributed by atoms with Crippen LogP contribution in [0.15, 0.2) is 34.0 Å². The van der Waals surface area contributed by atoms with Gasteiger partial charge in [0.2, 0.25) is 0 Å². The molecule has 0 spiro atoms. The summed E-state index contributed by atoms with van der Waals surface area (Å²) < 4.78 is 1.38. The Morgan fingerprint density at radius 3 is 2.15 bits per heavy atom. The number of nitrogens with zero attached hydrogens (tertiary/aromatic N) is 1. The Bertz CT molecular complexity index is 708. The molecule has 0 saturated carbocycles. The molecule has 0 aliphatic rings. The van der Waals surface area contributed by atoms with E-state index >= 15 is 0 Å². The summed E-state index contributed by atoms with van der Waals surface area (Å²) in [4.78, 5) is 25.3. The van der Waals surface area contributed by atoms with Crippen LogP contribution in [-0.2, 0) is 19.8 Å². The Kier molecular flexibility index (Phi) is 4.16. The minimum atomic E-state index is -0.486. The van der Waals surface area contributed by atoms with Crippen LogP contribution >= 0.6 is 0 Å². The Morgan fingerprint density at radius 1 is 1.05 bits per heavy atom. The number of hydrogen-bond donors (Lipinski definition) is 3. The summed E-state index contributed by atoms with van der Waals surface area (Å²) in [6.07, 6.45) is 1.49. The van der Waals surface area contributed by atoms with E-state index in [2.05, 4.69) is 4.98 Å². The first-order chi connectivity index (χ1) is 9.53. The lowest BCUT2D eigenvalue weighted by atomic mass is 10.1. The first kappa shape index (κ1) is 14.2. The molecule has 20 heavy (non-hydrogen) atoms. The largest absolute Gasteiger partial charge is 0.392 e. The van der Waals surface area contributed by atoms with E-state index in [4.69, 9.17) is 0 Å². The number of benzene rings is 1. The highest BCUT2D eigenvalue weighted by atomic mass is 16.3. The topological polar surface area (TPSA) is 95.3 Å². The zero-order valence-electron chi connectivity index (χ0n) is 11.1. The fourth-order valence-electron chi connectivity index (χ4n) is 2.05. The Hall–Kier alpha value is -2.18. The molecule has 1 aromatic heterocycles. The highest BCUT2D eigenvalue weighted by Gasteiger charge is 2.05. The molecule has 0 atom stereocenters. The van der Waals surface area contributed by atoms with E-state index in [1.54, 1.807) is 25.1 Å². The maximum absolute atomic E-state index is 11.7.